The van der Waals surface area contributed by atoms with Gasteiger partial charge in [0.05, 0.1) is 19.7 Å². The molecule has 0 bridgehead atoms. The molecule has 0 aliphatic carbocycles. The number of methoxy groups -OCH3 is 1. The molecule has 108 valence electrons. The van der Waals surface area contributed by atoms with Gasteiger partial charge in [-0.25, -0.2) is 9.37 Å². The van der Waals surface area contributed by atoms with E-state index >= 15 is 0 Å². The predicted molar refractivity (Wildman–Crippen MR) is 75.1 cm³/mol. The smallest absolute Gasteiger partial charge is 0.164 e. The van der Waals surface area contributed by atoms with Crippen LogP contribution in [0.2, 0.25) is 5.02 Å². The van der Waals surface area contributed by atoms with Crippen LogP contribution in [-0.4, -0.2) is 29.8 Å². The zero-order valence-electron chi connectivity index (χ0n) is 11.4. The molecule has 0 aliphatic rings. The first-order valence-corrected chi connectivity index (χ1v) is 6.83. The Balaban J connectivity index is 2.05. The van der Waals surface area contributed by atoms with Crippen molar-refractivity contribution in [1.82, 2.24) is 9.55 Å². The summed E-state index contributed by atoms with van der Waals surface area (Å²) in [5.41, 5.74) is 0.491. The molecule has 0 aliphatic heterocycles. The van der Waals surface area contributed by atoms with Gasteiger partial charge in [-0.1, -0.05) is 17.7 Å². The molecule has 1 aromatic carbocycles. The molecule has 2 aromatic rings. The Morgan fingerprint density at radius 1 is 1.45 bits per heavy atom. The summed E-state index contributed by atoms with van der Waals surface area (Å²) >= 11 is 6.05. The molecule has 2 rings (SSSR count). The van der Waals surface area contributed by atoms with Crippen molar-refractivity contribution in [1.29, 1.82) is 0 Å². The zero-order chi connectivity index (χ0) is 14.4. The van der Waals surface area contributed by atoms with Gasteiger partial charge in [0.25, 0.3) is 0 Å². The van der Waals surface area contributed by atoms with Gasteiger partial charge in [-0.2, -0.15) is 0 Å². The largest absolute Gasteiger partial charge is 0.379 e. The second kappa shape index (κ2) is 7.38. The van der Waals surface area contributed by atoms with Crippen LogP contribution in [0.3, 0.4) is 0 Å². The molecular weight excluding hydrogens is 281 g/mol. The van der Waals surface area contributed by atoms with Gasteiger partial charge in [-0.15, -0.1) is 0 Å². The highest BCUT2D eigenvalue weighted by molar-refractivity contribution is 6.31. The lowest BCUT2D eigenvalue weighted by Crippen LogP contribution is -2.83. The summed E-state index contributed by atoms with van der Waals surface area (Å²) in [5.74, 6) is 0.598. The highest BCUT2D eigenvalue weighted by Gasteiger charge is 2.11. The third kappa shape index (κ3) is 3.79. The molecular formula is C14H18ClFN3O+. The van der Waals surface area contributed by atoms with Crippen LogP contribution in [0, 0.1) is 5.82 Å². The molecule has 0 saturated carbocycles. The Hall–Kier alpha value is -1.43. The summed E-state index contributed by atoms with van der Waals surface area (Å²) in [5, 5.41) is 2.54. The second-order valence-electron chi connectivity index (χ2n) is 4.45. The molecule has 20 heavy (non-hydrogen) atoms. The predicted octanol–water partition coefficient (Wildman–Crippen LogP) is 1.43. The molecule has 0 radical (unpaired) electrons. The van der Waals surface area contributed by atoms with E-state index in [0.29, 0.717) is 23.7 Å². The minimum absolute atomic E-state index is 0.291. The number of hydrogen-bond donors (Lipinski definition) is 1. The maximum Gasteiger partial charge on any atom is 0.164 e. The number of hydrogen-bond acceptors (Lipinski definition) is 2. The van der Waals surface area contributed by atoms with Crippen molar-refractivity contribution >= 4 is 11.6 Å². The average Bonchev–Trinajstić information content (AvgIpc) is 2.87. The molecule has 0 unspecified atom stereocenters. The molecule has 0 spiro atoms. The number of halogens is 2. The Kier molecular flexibility index (Phi) is 5.52. The first kappa shape index (κ1) is 15.0. The summed E-state index contributed by atoms with van der Waals surface area (Å²) < 4.78 is 20.7. The normalized spacial score (nSPS) is 10.9. The van der Waals surface area contributed by atoms with Crippen LogP contribution in [0.25, 0.3) is 0 Å². The van der Waals surface area contributed by atoms with Crippen molar-refractivity contribution in [2.75, 3.05) is 20.3 Å². The van der Waals surface area contributed by atoms with Crippen LogP contribution >= 0.6 is 11.6 Å². The molecule has 2 N–H and O–H groups in total. The third-order valence-corrected chi connectivity index (χ3v) is 3.40. The van der Waals surface area contributed by atoms with E-state index in [2.05, 4.69) is 10.3 Å². The van der Waals surface area contributed by atoms with E-state index in [1.807, 2.05) is 10.8 Å². The van der Waals surface area contributed by atoms with Gasteiger partial charge >= 0.3 is 0 Å². The van der Waals surface area contributed by atoms with E-state index in [-0.39, 0.29) is 5.82 Å². The van der Waals surface area contributed by atoms with Gasteiger partial charge in [0.15, 0.2) is 5.82 Å². The average molecular weight is 299 g/mol. The van der Waals surface area contributed by atoms with E-state index < -0.39 is 0 Å². The number of nitrogens with zero attached hydrogens (tertiary/aromatic N) is 2. The van der Waals surface area contributed by atoms with Crippen molar-refractivity contribution in [3.63, 3.8) is 0 Å². The minimum Gasteiger partial charge on any atom is -0.379 e. The number of ether oxygens (including phenoxy) is 1. The highest BCUT2D eigenvalue weighted by Crippen LogP contribution is 2.20. The van der Waals surface area contributed by atoms with Crippen molar-refractivity contribution in [2.24, 2.45) is 0 Å². The van der Waals surface area contributed by atoms with Gasteiger partial charge < -0.3 is 14.6 Å². The number of quaternary nitrogens is 1. The van der Waals surface area contributed by atoms with E-state index in [4.69, 9.17) is 16.3 Å². The fourth-order valence-corrected chi connectivity index (χ4v) is 2.18. The van der Waals surface area contributed by atoms with E-state index in [0.717, 1.165) is 18.9 Å². The van der Waals surface area contributed by atoms with Crippen LogP contribution < -0.4 is 5.32 Å². The van der Waals surface area contributed by atoms with E-state index in [1.165, 1.54) is 6.07 Å². The molecule has 1 heterocycles. The third-order valence-electron chi connectivity index (χ3n) is 3.04. The van der Waals surface area contributed by atoms with Crippen LogP contribution in [0.5, 0.6) is 0 Å². The first-order chi connectivity index (χ1) is 9.72. The Morgan fingerprint density at radius 3 is 3.05 bits per heavy atom. The minimum atomic E-state index is -0.291. The maximum atomic E-state index is 13.8. The molecule has 0 saturated heterocycles. The topological polar surface area (TPSA) is 43.7 Å². The van der Waals surface area contributed by atoms with Gasteiger partial charge in [0.1, 0.15) is 12.4 Å². The summed E-state index contributed by atoms with van der Waals surface area (Å²) in [6.45, 7) is 2.67. The molecule has 0 fully saturated rings. The summed E-state index contributed by atoms with van der Waals surface area (Å²) in [6.07, 6.45) is 3.55. The monoisotopic (exact) mass is 298 g/mol. The van der Waals surface area contributed by atoms with Crippen LogP contribution in [0.4, 0.5) is 4.39 Å². The summed E-state index contributed by atoms with van der Waals surface area (Å²) in [4.78, 5) is 4.29. The highest BCUT2D eigenvalue weighted by atomic mass is 35.5. The van der Waals surface area contributed by atoms with Gasteiger partial charge in [0.2, 0.25) is 0 Å². The fourth-order valence-electron chi connectivity index (χ4n) is 1.96. The van der Waals surface area contributed by atoms with Crippen molar-refractivity contribution < 1.29 is 14.4 Å². The number of nitrogens with two attached hydrogens (primary N) is 1. The van der Waals surface area contributed by atoms with E-state index in [9.17, 15) is 4.39 Å². The number of aromatic nitrogens is 2. The Labute approximate surface area is 122 Å². The molecule has 0 amide bonds. The summed E-state index contributed by atoms with van der Waals surface area (Å²) in [6, 6.07) is 4.72. The molecule has 6 heteroatoms. The lowest BCUT2D eigenvalue weighted by Gasteiger charge is -2.09. The Bertz CT molecular complexity index is 539. The molecule has 1 aromatic heterocycles. The van der Waals surface area contributed by atoms with Crippen LogP contribution in [0.15, 0.2) is 30.6 Å². The van der Waals surface area contributed by atoms with Crippen molar-refractivity contribution in [2.45, 2.75) is 13.1 Å². The maximum absolute atomic E-state index is 13.8. The number of imidazole rings is 1. The molecule has 0 atom stereocenters. The van der Waals surface area contributed by atoms with Crippen LogP contribution in [-0.2, 0) is 17.8 Å². The second-order valence-corrected chi connectivity index (χ2v) is 4.85. The molecule has 4 nitrogen and oxygen atoms in total. The summed E-state index contributed by atoms with van der Waals surface area (Å²) in [7, 11) is 1.68. The first-order valence-electron chi connectivity index (χ1n) is 6.46. The lowest BCUT2D eigenvalue weighted by molar-refractivity contribution is -0.673. The standard InChI is InChI=1S/C14H17ClFN3O/c1-20-8-6-17-9-14-18-5-7-19(14)10-11-12(15)3-2-4-13(11)16/h2-5,7,17H,6,8-10H2,1H3/p+1. The van der Waals surface area contributed by atoms with Crippen molar-refractivity contribution in [3.05, 3.63) is 52.8 Å². The van der Waals surface area contributed by atoms with Crippen molar-refractivity contribution in [3.8, 4) is 0 Å². The fraction of sp³-hybridized carbons (Fsp3) is 0.357. The Morgan fingerprint density at radius 2 is 2.30 bits per heavy atom. The van der Waals surface area contributed by atoms with Gasteiger partial charge in [-0.3, -0.25) is 0 Å². The number of benzene rings is 1. The van der Waals surface area contributed by atoms with E-state index in [1.54, 1.807) is 25.4 Å². The van der Waals surface area contributed by atoms with Gasteiger partial charge in [-0.05, 0) is 12.1 Å². The lowest BCUT2D eigenvalue weighted by atomic mass is 10.2. The zero-order valence-corrected chi connectivity index (χ0v) is 12.1. The number of rotatable bonds is 7. The quantitative estimate of drug-likeness (QED) is 0.786. The van der Waals surface area contributed by atoms with Crippen LogP contribution in [0.1, 0.15) is 11.4 Å². The van der Waals surface area contributed by atoms with Gasteiger partial charge in [0, 0.05) is 30.1 Å². The SMILES string of the molecule is COCC[NH2+]Cc1nccn1Cc1c(F)cccc1Cl.